The SMILES string of the molecule is CCC1(C)CCN(C)CC1.CCCCN(C)CC. The predicted octanol–water partition coefficient (Wildman–Crippen LogP) is 3.87. The summed E-state index contributed by atoms with van der Waals surface area (Å²) in [7, 11) is 4.38. The average Bonchev–Trinajstić information content (AvgIpc) is 2.40. The van der Waals surface area contributed by atoms with Crippen molar-refractivity contribution < 1.29 is 0 Å². The largest absolute Gasteiger partial charge is 0.307 e. The van der Waals surface area contributed by atoms with E-state index in [9.17, 15) is 0 Å². The van der Waals surface area contributed by atoms with Crippen LogP contribution in [-0.4, -0.2) is 50.1 Å². The van der Waals surface area contributed by atoms with Crippen molar-refractivity contribution >= 4 is 0 Å². The number of unbranched alkanes of at least 4 members (excludes halogenated alkanes) is 1. The van der Waals surface area contributed by atoms with Gasteiger partial charge in [0.2, 0.25) is 0 Å². The molecule has 0 aromatic carbocycles. The van der Waals surface area contributed by atoms with Crippen LogP contribution < -0.4 is 0 Å². The Hall–Kier alpha value is -0.0800. The molecule has 1 aliphatic heterocycles. The van der Waals surface area contributed by atoms with Crippen molar-refractivity contribution in [3.05, 3.63) is 0 Å². The number of nitrogens with zero attached hydrogens (tertiary/aromatic N) is 2. The fourth-order valence-electron chi connectivity index (χ4n) is 2.10. The minimum atomic E-state index is 0.659. The third-order valence-electron chi connectivity index (χ3n) is 4.48. The number of piperidine rings is 1. The van der Waals surface area contributed by atoms with Gasteiger partial charge in [-0.3, -0.25) is 0 Å². The molecule has 0 atom stereocenters. The number of rotatable bonds is 5. The zero-order valence-electron chi connectivity index (χ0n) is 13.8. The monoisotopic (exact) mass is 256 g/mol. The van der Waals surface area contributed by atoms with E-state index < -0.39 is 0 Å². The molecule has 110 valence electrons. The van der Waals surface area contributed by atoms with Crippen LogP contribution >= 0.6 is 0 Å². The van der Waals surface area contributed by atoms with Crippen molar-refractivity contribution in [2.24, 2.45) is 5.41 Å². The first-order valence-electron chi connectivity index (χ1n) is 7.84. The molecule has 0 spiro atoms. The van der Waals surface area contributed by atoms with Gasteiger partial charge in [0, 0.05) is 0 Å². The van der Waals surface area contributed by atoms with Crippen LogP contribution in [0.1, 0.15) is 59.8 Å². The molecule has 0 unspecified atom stereocenters. The van der Waals surface area contributed by atoms with Crippen LogP contribution in [0, 0.1) is 5.41 Å². The Kier molecular flexibility index (Phi) is 9.76. The fraction of sp³-hybridized carbons (Fsp3) is 1.00. The first-order valence-corrected chi connectivity index (χ1v) is 7.84. The Labute approximate surface area is 116 Å². The van der Waals surface area contributed by atoms with Crippen LogP contribution in [0.3, 0.4) is 0 Å². The Morgan fingerprint density at radius 1 is 1.11 bits per heavy atom. The number of likely N-dealkylation sites (tertiary alicyclic amines) is 1. The van der Waals surface area contributed by atoms with Gasteiger partial charge in [-0.05, 0) is 65.0 Å². The highest BCUT2D eigenvalue weighted by molar-refractivity contribution is 4.79. The molecule has 0 amide bonds. The van der Waals surface area contributed by atoms with Crippen molar-refractivity contribution in [2.45, 2.75) is 59.8 Å². The lowest BCUT2D eigenvalue weighted by molar-refractivity contribution is 0.135. The minimum Gasteiger partial charge on any atom is -0.307 e. The first-order chi connectivity index (χ1) is 8.47. The van der Waals surface area contributed by atoms with Crippen molar-refractivity contribution in [1.82, 2.24) is 9.80 Å². The van der Waals surface area contributed by atoms with E-state index in [1.165, 1.54) is 58.3 Å². The molecule has 1 aliphatic rings. The van der Waals surface area contributed by atoms with Crippen LogP contribution in [0.5, 0.6) is 0 Å². The van der Waals surface area contributed by atoms with Gasteiger partial charge < -0.3 is 9.80 Å². The molecule has 0 aromatic rings. The maximum absolute atomic E-state index is 2.43. The Bertz CT molecular complexity index is 184. The smallest absolute Gasteiger partial charge is 0.00166 e. The average molecular weight is 256 g/mol. The predicted molar refractivity (Wildman–Crippen MR) is 83.2 cm³/mol. The molecule has 1 heterocycles. The van der Waals surface area contributed by atoms with Gasteiger partial charge in [-0.1, -0.05) is 40.5 Å². The summed E-state index contributed by atoms with van der Waals surface area (Å²) in [5, 5.41) is 0. The van der Waals surface area contributed by atoms with Crippen molar-refractivity contribution in [2.75, 3.05) is 40.3 Å². The van der Waals surface area contributed by atoms with E-state index in [2.05, 4.69) is 51.6 Å². The summed E-state index contributed by atoms with van der Waals surface area (Å²) >= 11 is 0. The second kappa shape index (κ2) is 9.80. The molecule has 0 N–H and O–H groups in total. The van der Waals surface area contributed by atoms with Crippen molar-refractivity contribution in [3.8, 4) is 0 Å². The highest BCUT2D eigenvalue weighted by atomic mass is 15.1. The first kappa shape index (κ1) is 17.9. The van der Waals surface area contributed by atoms with E-state index in [0.717, 1.165) is 0 Å². The third kappa shape index (κ3) is 8.10. The van der Waals surface area contributed by atoms with Gasteiger partial charge in [0.15, 0.2) is 0 Å². The summed E-state index contributed by atoms with van der Waals surface area (Å²) in [5.41, 5.74) is 0.659. The molecule has 0 bridgehead atoms. The van der Waals surface area contributed by atoms with E-state index in [1.54, 1.807) is 0 Å². The summed E-state index contributed by atoms with van der Waals surface area (Å²) in [6.45, 7) is 14.2. The minimum absolute atomic E-state index is 0.659. The Balaban J connectivity index is 0.000000331. The lowest BCUT2D eigenvalue weighted by Crippen LogP contribution is -2.35. The van der Waals surface area contributed by atoms with Gasteiger partial charge in [0.05, 0.1) is 0 Å². The summed E-state index contributed by atoms with van der Waals surface area (Å²) in [4.78, 5) is 4.76. The van der Waals surface area contributed by atoms with Crippen LogP contribution in [-0.2, 0) is 0 Å². The fourth-order valence-corrected chi connectivity index (χ4v) is 2.10. The van der Waals surface area contributed by atoms with Crippen molar-refractivity contribution in [1.29, 1.82) is 0 Å². The van der Waals surface area contributed by atoms with Crippen LogP contribution in [0.4, 0.5) is 0 Å². The van der Waals surface area contributed by atoms with Gasteiger partial charge in [0.1, 0.15) is 0 Å². The molecule has 2 heteroatoms. The topological polar surface area (TPSA) is 6.48 Å². The number of hydrogen-bond donors (Lipinski definition) is 0. The van der Waals surface area contributed by atoms with E-state index in [4.69, 9.17) is 0 Å². The van der Waals surface area contributed by atoms with E-state index in [1.807, 2.05) is 0 Å². The van der Waals surface area contributed by atoms with Gasteiger partial charge in [-0.25, -0.2) is 0 Å². The second-order valence-electron chi connectivity index (χ2n) is 6.22. The highest BCUT2D eigenvalue weighted by Gasteiger charge is 2.26. The van der Waals surface area contributed by atoms with Gasteiger partial charge in [-0.15, -0.1) is 0 Å². The summed E-state index contributed by atoms with van der Waals surface area (Å²) < 4.78 is 0. The van der Waals surface area contributed by atoms with E-state index in [-0.39, 0.29) is 0 Å². The zero-order chi connectivity index (χ0) is 14.0. The molecule has 0 aliphatic carbocycles. The van der Waals surface area contributed by atoms with Crippen LogP contribution in [0.15, 0.2) is 0 Å². The lowest BCUT2D eigenvalue weighted by Gasteiger charge is -2.37. The van der Waals surface area contributed by atoms with Gasteiger partial charge in [0.25, 0.3) is 0 Å². The van der Waals surface area contributed by atoms with Crippen LogP contribution in [0.25, 0.3) is 0 Å². The van der Waals surface area contributed by atoms with Gasteiger partial charge in [-0.2, -0.15) is 0 Å². The number of hydrogen-bond acceptors (Lipinski definition) is 2. The van der Waals surface area contributed by atoms with Crippen molar-refractivity contribution in [3.63, 3.8) is 0 Å². The maximum Gasteiger partial charge on any atom is -0.00166 e. The molecular weight excluding hydrogens is 220 g/mol. The van der Waals surface area contributed by atoms with E-state index in [0.29, 0.717) is 5.41 Å². The molecule has 0 aromatic heterocycles. The highest BCUT2D eigenvalue weighted by Crippen LogP contribution is 2.33. The molecule has 0 saturated carbocycles. The quantitative estimate of drug-likeness (QED) is 0.737. The summed E-state index contributed by atoms with van der Waals surface area (Å²) in [5.74, 6) is 0. The third-order valence-corrected chi connectivity index (χ3v) is 4.48. The Morgan fingerprint density at radius 3 is 2.06 bits per heavy atom. The molecule has 1 fully saturated rings. The normalized spacial score (nSPS) is 19.5. The molecule has 1 rings (SSSR count). The second-order valence-corrected chi connectivity index (χ2v) is 6.22. The maximum atomic E-state index is 2.43. The van der Waals surface area contributed by atoms with E-state index >= 15 is 0 Å². The molecule has 2 nitrogen and oxygen atoms in total. The standard InChI is InChI=1S/C9H19N.C7H17N/c1-4-9(2)5-7-10(3)8-6-9;1-4-6-7-8(3)5-2/h4-8H2,1-3H3;4-7H2,1-3H3. The lowest BCUT2D eigenvalue weighted by atomic mass is 9.78. The molecule has 1 saturated heterocycles. The zero-order valence-corrected chi connectivity index (χ0v) is 13.8. The summed E-state index contributed by atoms with van der Waals surface area (Å²) in [6, 6.07) is 0. The molecular formula is C16H36N2. The Morgan fingerprint density at radius 2 is 1.67 bits per heavy atom. The van der Waals surface area contributed by atoms with Gasteiger partial charge >= 0.3 is 0 Å². The molecule has 0 radical (unpaired) electrons. The molecule has 18 heavy (non-hydrogen) atoms. The summed E-state index contributed by atoms with van der Waals surface area (Å²) in [6.07, 6.45) is 6.77. The van der Waals surface area contributed by atoms with Crippen LogP contribution in [0.2, 0.25) is 0 Å².